The fourth-order valence-electron chi connectivity index (χ4n) is 5.38. The van der Waals surface area contributed by atoms with Crippen molar-refractivity contribution in [1.82, 2.24) is 15.1 Å². The van der Waals surface area contributed by atoms with Crippen molar-refractivity contribution >= 4 is 17.4 Å². The molecule has 0 spiro atoms. The number of para-hydroxylation sites is 1. The van der Waals surface area contributed by atoms with Gasteiger partial charge in [-0.2, -0.15) is 0 Å². The molecule has 1 aromatic heterocycles. The predicted molar refractivity (Wildman–Crippen MR) is 125 cm³/mol. The van der Waals surface area contributed by atoms with Gasteiger partial charge in [0, 0.05) is 54.1 Å². The van der Waals surface area contributed by atoms with Crippen LogP contribution in [0, 0.1) is 17.8 Å². The van der Waals surface area contributed by atoms with Crippen molar-refractivity contribution in [2.24, 2.45) is 17.8 Å². The van der Waals surface area contributed by atoms with Gasteiger partial charge in [0.15, 0.2) is 0 Å². The quantitative estimate of drug-likeness (QED) is 0.718. The van der Waals surface area contributed by atoms with Crippen LogP contribution < -0.4 is 10.6 Å². The van der Waals surface area contributed by atoms with Crippen LogP contribution in [0.3, 0.4) is 0 Å². The highest BCUT2D eigenvalue weighted by Gasteiger charge is 2.41. The van der Waals surface area contributed by atoms with Crippen LogP contribution in [0.5, 0.6) is 0 Å². The van der Waals surface area contributed by atoms with Gasteiger partial charge in [0.1, 0.15) is 5.82 Å². The molecule has 32 heavy (non-hydrogen) atoms. The molecule has 0 bridgehead atoms. The maximum Gasteiger partial charge on any atom is 0.221 e. The lowest BCUT2D eigenvalue weighted by Crippen LogP contribution is -2.32. The Labute approximate surface area is 192 Å². The second kappa shape index (κ2) is 9.55. The monoisotopic (exact) mass is 437 g/mol. The zero-order chi connectivity index (χ0) is 23.7. The lowest BCUT2D eigenvalue weighted by atomic mass is 10.00. The van der Waals surface area contributed by atoms with Gasteiger partial charge in [0.05, 0.1) is 11.4 Å². The van der Waals surface area contributed by atoms with Crippen LogP contribution in [-0.4, -0.2) is 59.8 Å². The van der Waals surface area contributed by atoms with Gasteiger partial charge in [-0.1, -0.05) is 18.2 Å². The number of likely N-dealkylation sites (tertiary alicyclic amines) is 1. The topological polar surface area (TPSA) is 79.4 Å². The Morgan fingerprint density at radius 3 is 2.56 bits per heavy atom. The Morgan fingerprint density at radius 2 is 1.88 bits per heavy atom. The molecule has 1 aromatic carbocycles. The van der Waals surface area contributed by atoms with Crippen molar-refractivity contribution in [2.75, 3.05) is 43.4 Å². The lowest BCUT2D eigenvalue weighted by Gasteiger charge is -2.27. The number of nitrogens with zero attached hydrogens (tertiary/aromatic N) is 3. The second-order valence-corrected chi connectivity index (χ2v) is 9.28. The van der Waals surface area contributed by atoms with Crippen molar-refractivity contribution < 1.29 is 12.3 Å². The number of aromatic nitrogens is 2. The summed E-state index contributed by atoms with van der Waals surface area (Å²) in [6.07, 6.45) is 3.68. The molecular formula is C25H33N5O2. The van der Waals surface area contributed by atoms with Crippen LogP contribution in [0.15, 0.2) is 36.4 Å². The molecule has 7 heteroatoms. The predicted octanol–water partition coefficient (Wildman–Crippen LogP) is 3.65. The molecule has 1 saturated carbocycles. The van der Waals surface area contributed by atoms with Crippen LogP contribution in [0.2, 0.25) is 0 Å². The number of hydrogen-bond donors (Lipinski definition) is 2. The van der Waals surface area contributed by atoms with Gasteiger partial charge in [0.2, 0.25) is 5.91 Å². The Morgan fingerprint density at radius 1 is 1.12 bits per heavy atom. The molecule has 1 unspecified atom stereocenters. The molecule has 3 heterocycles. The molecule has 170 valence electrons. The number of rotatable bonds is 6. The van der Waals surface area contributed by atoms with Crippen LogP contribution in [0.4, 0.5) is 11.5 Å². The van der Waals surface area contributed by atoms with E-state index < -0.39 is 6.50 Å². The smallest absolute Gasteiger partial charge is 0.221 e. The number of amides is 1. The highest BCUT2D eigenvalue weighted by molar-refractivity contribution is 5.93. The van der Waals surface area contributed by atoms with E-state index in [4.69, 9.17) is 7.48 Å². The molecule has 7 nitrogen and oxygen atoms in total. The molecule has 2 N–H and O–H groups in total. The van der Waals surface area contributed by atoms with Gasteiger partial charge >= 0.3 is 0 Å². The Kier molecular flexibility index (Phi) is 5.67. The van der Waals surface area contributed by atoms with E-state index >= 15 is 0 Å². The van der Waals surface area contributed by atoms with Gasteiger partial charge in [-0.05, 0) is 61.6 Å². The first kappa shape index (κ1) is 19.0. The Balaban J connectivity index is 1.18. The van der Waals surface area contributed by atoms with E-state index in [9.17, 15) is 4.79 Å². The molecule has 3 fully saturated rings. The fourth-order valence-corrected chi connectivity index (χ4v) is 5.38. The molecule has 2 aromatic rings. The first-order valence-corrected chi connectivity index (χ1v) is 11.7. The number of benzene rings is 1. The van der Waals surface area contributed by atoms with E-state index in [0.717, 1.165) is 55.8 Å². The number of anilines is 2. The highest BCUT2D eigenvalue weighted by Crippen LogP contribution is 2.39. The third-order valence-corrected chi connectivity index (χ3v) is 6.87. The lowest BCUT2D eigenvalue weighted by molar-refractivity contribution is -0.114. The van der Waals surface area contributed by atoms with Gasteiger partial charge in [-0.3, -0.25) is 4.79 Å². The third-order valence-electron chi connectivity index (χ3n) is 6.87. The number of carbonyl (C=O) groups is 1. The van der Waals surface area contributed by atoms with Gasteiger partial charge < -0.3 is 20.3 Å². The van der Waals surface area contributed by atoms with Crippen LogP contribution in [0.1, 0.15) is 35.3 Å². The molecule has 1 amide bonds. The summed E-state index contributed by atoms with van der Waals surface area (Å²) in [5.74, 6) is 1.73. The summed E-state index contributed by atoms with van der Waals surface area (Å²) in [5, 5.41) is 15.2. The molecular weight excluding hydrogens is 402 g/mol. The minimum Gasteiger partial charge on any atom is -0.381 e. The van der Waals surface area contributed by atoms with Crippen molar-refractivity contribution in [1.29, 1.82) is 0 Å². The van der Waals surface area contributed by atoms with Crippen molar-refractivity contribution in [3.05, 3.63) is 36.4 Å². The maximum atomic E-state index is 11.5. The van der Waals surface area contributed by atoms with Gasteiger partial charge in [0.25, 0.3) is 0 Å². The zero-order valence-corrected chi connectivity index (χ0v) is 18.6. The molecule has 5 rings (SSSR count). The van der Waals surface area contributed by atoms with Crippen LogP contribution in [-0.2, 0) is 9.53 Å². The van der Waals surface area contributed by atoms with Crippen molar-refractivity contribution in [2.45, 2.75) is 38.6 Å². The third kappa shape index (κ3) is 4.94. The largest absolute Gasteiger partial charge is 0.381 e. The van der Waals surface area contributed by atoms with E-state index in [0.29, 0.717) is 36.8 Å². The minimum absolute atomic E-state index is 0.0681. The molecule has 1 aliphatic carbocycles. The van der Waals surface area contributed by atoms with E-state index in [1.165, 1.54) is 6.92 Å². The number of carbonyl (C=O) groups excluding carboxylic acids is 1. The average Bonchev–Trinajstić information content (AvgIpc) is 3.40. The summed E-state index contributed by atoms with van der Waals surface area (Å²) in [4.78, 5) is 13.6. The van der Waals surface area contributed by atoms with E-state index in [-0.39, 0.29) is 11.8 Å². The first-order valence-electron chi connectivity index (χ1n) is 12.7. The number of ether oxygens (including phenoxy) is 1. The van der Waals surface area contributed by atoms with Crippen LogP contribution >= 0.6 is 0 Å². The molecule has 2 saturated heterocycles. The SMILES string of the molecule is [2H]C([2H])(C1CCOCC1)N1C[C@H]2CC(Nc3ccc(-c4ccccc4NC(C)=O)nn3)C[C@H]2C1. The first-order chi connectivity index (χ1) is 16.4. The van der Waals surface area contributed by atoms with Crippen molar-refractivity contribution in [3.63, 3.8) is 0 Å². The molecule has 2 aliphatic heterocycles. The molecule has 3 aliphatic rings. The van der Waals surface area contributed by atoms with E-state index in [1.807, 2.05) is 36.4 Å². The zero-order valence-electron chi connectivity index (χ0n) is 20.6. The summed E-state index contributed by atoms with van der Waals surface area (Å²) in [6, 6.07) is 11.8. The standard InChI is InChI=1S/C25H33N5O2/c1-17(31)26-23-5-3-2-4-22(23)24-6-7-25(29-28-24)27-21-12-19-15-30(16-20(19)13-21)14-18-8-10-32-11-9-18/h2-7,18-21H,8-16H2,1H3,(H,26,31)(H,27,29)/t19-,20+,21?/i14D2. The normalized spacial score (nSPS) is 27.5. The summed E-state index contributed by atoms with van der Waals surface area (Å²) in [6.45, 7) is 3.26. The number of fused-ring (bicyclic) bond motifs is 1. The summed E-state index contributed by atoms with van der Waals surface area (Å²) >= 11 is 0. The molecule has 0 radical (unpaired) electrons. The van der Waals surface area contributed by atoms with Crippen molar-refractivity contribution in [3.8, 4) is 11.3 Å². The summed E-state index contributed by atoms with van der Waals surface area (Å²) in [7, 11) is 0. The van der Waals surface area contributed by atoms with Crippen LogP contribution in [0.25, 0.3) is 11.3 Å². The Hall–Kier alpha value is -2.51. The van der Waals surface area contributed by atoms with Gasteiger partial charge in [-0.25, -0.2) is 0 Å². The Bertz CT molecular complexity index is 999. The fraction of sp³-hybridized carbons (Fsp3) is 0.560. The number of hydrogen-bond acceptors (Lipinski definition) is 6. The summed E-state index contributed by atoms with van der Waals surface area (Å²) < 4.78 is 22.9. The summed E-state index contributed by atoms with van der Waals surface area (Å²) in [5.41, 5.74) is 2.27. The van der Waals surface area contributed by atoms with Gasteiger partial charge in [-0.15, -0.1) is 10.2 Å². The molecule has 3 atom stereocenters. The minimum atomic E-state index is -1.24. The van der Waals surface area contributed by atoms with E-state index in [2.05, 4.69) is 25.7 Å². The van der Waals surface area contributed by atoms with E-state index in [1.54, 1.807) is 0 Å². The maximum absolute atomic E-state index is 11.5. The number of nitrogens with one attached hydrogen (secondary N) is 2. The second-order valence-electron chi connectivity index (χ2n) is 9.28. The average molecular weight is 438 g/mol. The highest BCUT2D eigenvalue weighted by atomic mass is 16.5.